The number of amides is 1. The van der Waals surface area contributed by atoms with Gasteiger partial charge in [-0.2, -0.15) is 0 Å². The number of likely N-dealkylation sites (tertiary alicyclic amines) is 1. The predicted molar refractivity (Wildman–Crippen MR) is 111 cm³/mol. The van der Waals surface area contributed by atoms with Crippen LogP contribution >= 0.6 is 0 Å². The van der Waals surface area contributed by atoms with Crippen molar-refractivity contribution in [3.8, 4) is 23.0 Å². The zero-order valence-electron chi connectivity index (χ0n) is 17.7. The van der Waals surface area contributed by atoms with Gasteiger partial charge in [0.05, 0.1) is 33.5 Å². The van der Waals surface area contributed by atoms with Crippen LogP contribution < -0.4 is 18.9 Å². The number of carbonyl (C=O) groups is 1. The lowest BCUT2D eigenvalue weighted by atomic mass is 10.0. The molecule has 1 saturated heterocycles. The molecule has 6 heteroatoms. The third-order valence-electron chi connectivity index (χ3n) is 5.09. The molecule has 1 unspecified atom stereocenters. The van der Waals surface area contributed by atoms with Crippen LogP contribution in [-0.4, -0.2) is 44.8 Å². The summed E-state index contributed by atoms with van der Waals surface area (Å²) in [6.07, 6.45) is 1.85. The number of carbonyl (C=O) groups excluding carboxylic acids is 1. The van der Waals surface area contributed by atoms with Gasteiger partial charge in [-0.1, -0.05) is 0 Å². The average Bonchev–Trinajstić information content (AvgIpc) is 3.22. The molecule has 1 atom stereocenters. The highest BCUT2D eigenvalue weighted by molar-refractivity contribution is 5.95. The van der Waals surface area contributed by atoms with Crippen LogP contribution in [0.2, 0.25) is 0 Å². The summed E-state index contributed by atoms with van der Waals surface area (Å²) >= 11 is 0. The second kappa shape index (κ2) is 9.07. The molecule has 0 aromatic heterocycles. The number of methoxy groups -OCH3 is 3. The first-order chi connectivity index (χ1) is 14.0. The van der Waals surface area contributed by atoms with Crippen LogP contribution in [0, 0.1) is 0 Å². The van der Waals surface area contributed by atoms with E-state index in [1.165, 1.54) is 0 Å². The van der Waals surface area contributed by atoms with Gasteiger partial charge in [-0.3, -0.25) is 4.79 Å². The molecule has 1 heterocycles. The molecule has 0 radical (unpaired) electrons. The number of benzene rings is 2. The molecule has 2 aromatic rings. The lowest BCUT2D eigenvalue weighted by Crippen LogP contribution is -2.30. The van der Waals surface area contributed by atoms with E-state index in [4.69, 9.17) is 18.9 Å². The molecule has 1 amide bonds. The highest BCUT2D eigenvalue weighted by Crippen LogP contribution is 2.40. The van der Waals surface area contributed by atoms with E-state index >= 15 is 0 Å². The molecule has 6 nitrogen and oxygen atoms in total. The molecule has 1 aliphatic heterocycles. The van der Waals surface area contributed by atoms with Crippen LogP contribution in [0.25, 0.3) is 0 Å². The van der Waals surface area contributed by atoms with Crippen molar-refractivity contribution in [3.63, 3.8) is 0 Å². The zero-order valence-corrected chi connectivity index (χ0v) is 17.7. The van der Waals surface area contributed by atoms with Crippen LogP contribution in [0.3, 0.4) is 0 Å². The number of hydrogen-bond acceptors (Lipinski definition) is 5. The number of rotatable bonds is 7. The second-order valence-electron chi connectivity index (χ2n) is 7.30. The molecule has 0 bridgehead atoms. The Hall–Kier alpha value is -2.89. The van der Waals surface area contributed by atoms with Crippen molar-refractivity contribution in [2.24, 2.45) is 0 Å². The van der Waals surface area contributed by atoms with Gasteiger partial charge in [0.2, 0.25) is 0 Å². The van der Waals surface area contributed by atoms with Crippen LogP contribution in [0.5, 0.6) is 23.0 Å². The molecule has 29 heavy (non-hydrogen) atoms. The molecular weight excluding hydrogens is 370 g/mol. The summed E-state index contributed by atoms with van der Waals surface area (Å²) < 4.78 is 22.1. The maximum atomic E-state index is 13.3. The molecule has 0 aliphatic carbocycles. The number of hydrogen-bond donors (Lipinski definition) is 0. The smallest absolute Gasteiger partial charge is 0.254 e. The van der Waals surface area contributed by atoms with Crippen molar-refractivity contribution < 1.29 is 23.7 Å². The van der Waals surface area contributed by atoms with E-state index in [1.54, 1.807) is 39.5 Å². The Morgan fingerprint density at radius 3 is 2.38 bits per heavy atom. The summed E-state index contributed by atoms with van der Waals surface area (Å²) in [5.41, 5.74) is 1.57. The quantitative estimate of drug-likeness (QED) is 0.687. The highest BCUT2D eigenvalue weighted by atomic mass is 16.5. The summed E-state index contributed by atoms with van der Waals surface area (Å²) in [7, 11) is 4.84. The van der Waals surface area contributed by atoms with E-state index in [9.17, 15) is 4.79 Å². The van der Waals surface area contributed by atoms with Gasteiger partial charge in [0.25, 0.3) is 5.91 Å². The first-order valence-corrected chi connectivity index (χ1v) is 9.86. The Bertz CT molecular complexity index is 864. The molecule has 156 valence electrons. The molecule has 1 aliphatic rings. The lowest BCUT2D eigenvalue weighted by molar-refractivity contribution is 0.0733. The third-order valence-corrected chi connectivity index (χ3v) is 5.09. The van der Waals surface area contributed by atoms with Gasteiger partial charge in [-0.05, 0) is 57.0 Å². The van der Waals surface area contributed by atoms with E-state index in [-0.39, 0.29) is 18.1 Å². The first kappa shape index (κ1) is 20.8. The number of nitrogens with zero attached hydrogens (tertiary/aromatic N) is 1. The maximum Gasteiger partial charge on any atom is 0.254 e. The van der Waals surface area contributed by atoms with Gasteiger partial charge in [-0.25, -0.2) is 0 Å². The van der Waals surface area contributed by atoms with E-state index in [0.29, 0.717) is 23.6 Å². The van der Waals surface area contributed by atoms with Crippen molar-refractivity contribution >= 4 is 5.91 Å². The predicted octanol–water partition coefficient (Wildman–Crippen LogP) is 4.48. The Morgan fingerprint density at radius 1 is 0.966 bits per heavy atom. The molecule has 3 rings (SSSR count). The summed E-state index contributed by atoms with van der Waals surface area (Å²) in [4.78, 5) is 15.2. The molecule has 0 spiro atoms. The van der Waals surface area contributed by atoms with Crippen molar-refractivity contribution in [2.75, 3.05) is 27.9 Å². The Morgan fingerprint density at radius 2 is 1.72 bits per heavy atom. The van der Waals surface area contributed by atoms with E-state index < -0.39 is 0 Å². The minimum atomic E-state index is -0.0408. The van der Waals surface area contributed by atoms with Crippen LogP contribution in [0.1, 0.15) is 48.7 Å². The fourth-order valence-electron chi connectivity index (χ4n) is 3.74. The van der Waals surface area contributed by atoms with Crippen molar-refractivity contribution in [2.45, 2.75) is 38.8 Å². The highest BCUT2D eigenvalue weighted by Gasteiger charge is 2.33. The minimum absolute atomic E-state index is 0.0240. The first-order valence-electron chi connectivity index (χ1n) is 9.86. The SMILES string of the molecule is COc1ccc(C2CCCN2C(=O)c2ccc(OC(C)C)c(OC)c2)c(OC)c1. The molecule has 0 N–H and O–H groups in total. The van der Waals surface area contributed by atoms with E-state index in [2.05, 4.69) is 0 Å². The zero-order chi connectivity index (χ0) is 21.0. The van der Waals surface area contributed by atoms with Gasteiger partial charge >= 0.3 is 0 Å². The molecule has 1 fully saturated rings. The summed E-state index contributed by atoms with van der Waals surface area (Å²) in [5, 5.41) is 0. The summed E-state index contributed by atoms with van der Waals surface area (Å²) in [6.45, 7) is 4.61. The second-order valence-corrected chi connectivity index (χ2v) is 7.30. The van der Waals surface area contributed by atoms with Gasteiger partial charge < -0.3 is 23.8 Å². The largest absolute Gasteiger partial charge is 0.497 e. The number of ether oxygens (including phenoxy) is 4. The van der Waals surface area contributed by atoms with Crippen molar-refractivity contribution in [1.82, 2.24) is 4.90 Å². The molecular formula is C23H29NO5. The molecule has 2 aromatic carbocycles. The van der Waals surface area contributed by atoms with Crippen LogP contribution in [0.15, 0.2) is 36.4 Å². The Labute approximate surface area is 172 Å². The topological polar surface area (TPSA) is 57.2 Å². The fourth-order valence-corrected chi connectivity index (χ4v) is 3.74. The lowest BCUT2D eigenvalue weighted by Gasteiger charge is -2.27. The average molecular weight is 399 g/mol. The van der Waals surface area contributed by atoms with Crippen LogP contribution in [0.4, 0.5) is 0 Å². The van der Waals surface area contributed by atoms with Gasteiger partial charge in [0.1, 0.15) is 11.5 Å². The van der Waals surface area contributed by atoms with Crippen molar-refractivity contribution in [1.29, 1.82) is 0 Å². The fraction of sp³-hybridized carbons (Fsp3) is 0.435. The maximum absolute atomic E-state index is 13.3. The minimum Gasteiger partial charge on any atom is -0.497 e. The van der Waals surface area contributed by atoms with Gasteiger partial charge in [-0.15, -0.1) is 0 Å². The third kappa shape index (κ3) is 4.42. The Kier molecular flexibility index (Phi) is 6.52. The standard InChI is InChI=1S/C23H29NO5/c1-15(2)29-20-11-8-16(13-22(20)28-5)23(25)24-12-6-7-19(24)18-10-9-17(26-3)14-21(18)27-4/h8-11,13-15,19H,6-7,12H2,1-5H3. The van der Waals surface area contributed by atoms with E-state index in [1.807, 2.05) is 36.9 Å². The van der Waals surface area contributed by atoms with Crippen molar-refractivity contribution in [3.05, 3.63) is 47.5 Å². The summed E-state index contributed by atoms with van der Waals surface area (Å²) in [6, 6.07) is 11.0. The summed E-state index contributed by atoms with van der Waals surface area (Å²) in [5.74, 6) is 2.62. The normalized spacial score (nSPS) is 16.1. The van der Waals surface area contributed by atoms with Crippen LogP contribution in [-0.2, 0) is 0 Å². The van der Waals surface area contributed by atoms with E-state index in [0.717, 1.165) is 29.9 Å². The monoisotopic (exact) mass is 399 g/mol. The van der Waals surface area contributed by atoms with Gasteiger partial charge in [0.15, 0.2) is 11.5 Å². The Balaban J connectivity index is 1.89. The van der Waals surface area contributed by atoms with Gasteiger partial charge in [0, 0.05) is 23.7 Å². The molecule has 0 saturated carbocycles.